The van der Waals surface area contributed by atoms with Crippen LogP contribution in [0.25, 0.3) is 11.0 Å². The molecule has 0 atom stereocenters. The van der Waals surface area contributed by atoms with Crippen molar-refractivity contribution in [2.75, 3.05) is 13.2 Å². The second kappa shape index (κ2) is 8.03. The van der Waals surface area contributed by atoms with Crippen molar-refractivity contribution >= 4 is 28.5 Å². The van der Waals surface area contributed by atoms with Gasteiger partial charge < -0.3 is 14.6 Å². The van der Waals surface area contributed by atoms with Crippen LogP contribution in [0.1, 0.15) is 12.7 Å². The third kappa shape index (κ3) is 4.31. The van der Waals surface area contributed by atoms with Crippen molar-refractivity contribution in [2.45, 2.75) is 19.9 Å². The third-order valence-corrected chi connectivity index (χ3v) is 4.18. The molecule has 0 saturated carbocycles. The highest BCUT2D eigenvalue weighted by molar-refractivity contribution is 6.32. The van der Waals surface area contributed by atoms with Crippen molar-refractivity contribution < 1.29 is 9.53 Å². The van der Waals surface area contributed by atoms with Crippen LogP contribution in [0.3, 0.4) is 0 Å². The van der Waals surface area contributed by atoms with Crippen LogP contribution < -0.4 is 10.1 Å². The average Bonchev–Trinajstić information content (AvgIpc) is 2.94. The number of hydrogen-bond donors (Lipinski definition) is 1. The first-order chi connectivity index (χ1) is 12.1. The fourth-order valence-corrected chi connectivity index (χ4v) is 2.92. The van der Waals surface area contributed by atoms with E-state index in [1.54, 1.807) is 0 Å². The first-order valence-electron chi connectivity index (χ1n) is 8.21. The van der Waals surface area contributed by atoms with Crippen LogP contribution in [0.4, 0.5) is 0 Å². The summed E-state index contributed by atoms with van der Waals surface area (Å²) in [6.45, 7) is 3.21. The molecular formula is C19H20ClN3O2. The Morgan fingerprint density at radius 1 is 1.20 bits per heavy atom. The van der Waals surface area contributed by atoms with E-state index in [2.05, 4.69) is 14.9 Å². The van der Waals surface area contributed by atoms with E-state index >= 15 is 0 Å². The van der Waals surface area contributed by atoms with Gasteiger partial charge in [0.1, 0.15) is 18.2 Å². The van der Waals surface area contributed by atoms with Crippen LogP contribution in [0.2, 0.25) is 5.02 Å². The van der Waals surface area contributed by atoms with Gasteiger partial charge in [-0.3, -0.25) is 4.79 Å². The Bertz CT molecular complexity index is 876. The van der Waals surface area contributed by atoms with Gasteiger partial charge in [0, 0.05) is 19.9 Å². The number of hydrogen-bond acceptors (Lipinski definition) is 3. The van der Waals surface area contributed by atoms with Crippen molar-refractivity contribution in [2.24, 2.45) is 0 Å². The monoisotopic (exact) mass is 357 g/mol. The molecule has 0 fully saturated rings. The van der Waals surface area contributed by atoms with E-state index in [1.807, 2.05) is 48.5 Å². The second-order valence-electron chi connectivity index (χ2n) is 5.68. The lowest BCUT2D eigenvalue weighted by atomic mass is 10.3. The molecule has 0 spiro atoms. The number of imidazole rings is 1. The maximum Gasteiger partial charge on any atom is 0.216 e. The van der Waals surface area contributed by atoms with E-state index in [1.165, 1.54) is 6.92 Å². The number of ether oxygens (including phenoxy) is 1. The molecule has 1 amide bonds. The number of carbonyl (C=O) groups excluding carboxylic acids is 1. The average molecular weight is 358 g/mol. The summed E-state index contributed by atoms with van der Waals surface area (Å²) in [5.41, 5.74) is 2.00. The van der Waals surface area contributed by atoms with E-state index in [-0.39, 0.29) is 5.91 Å². The molecule has 3 rings (SSSR count). The Labute approximate surface area is 151 Å². The number of rotatable bonds is 7. The van der Waals surface area contributed by atoms with Gasteiger partial charge in [0.2, 0.25) is 5.91 Å². The Hall–Kier alpha value is -2.53. The zero-order valence-corrected chi connectivity index (χ0v) is 14.8. The summed E-state index contributed by atoms with van der Waals surface area (Å²) in [6, 6.07) is 15.4. The van der Waals surface area contributed by atoms with Crippen LogP contribution in [-0.2, 0) is 17.8 Å². The maximum absolute atomic E-state index is 11.1. The Balaban J connectivity index is 1.74. The number of para-hydroxylation sites is 3. The molecule has 25 heavy (non-hydrogen) atoms. The van der Waals surface area contributed by atoms with Crippen LogP contribution >= 0.6 is 11.6 Å². The first-order valence-corrected chi connectivity index (χ1v) is 8.59. The highest BCUT2D eigenvalue weighted by Crippen LogP contribution is 2.23. The summed E-state index contributed by atoms with van der Waals surface area (Å²) in [5.74, 6) is 1.57. The molecule has 0 aliphatic heterocycles. The fraction of sp³-hybridized carbons (Fsp3) is 0.263. The summed E-state index contributed by atoms with van der Waals surface area (Å²) < 4.78 is 7.94. The Kier molecular flexibility index (Phi) is 5.56. The molecule has 1 heterocycles. The molecule has 6 heteroatoms. The van der Waals surface area contributed by atoms with Crippen LogP contribution in [-0.4, -0.2) is 28.6 Å². The van der Waals surface area contributed by atoms with E-state index in [4.69, 9.17) is 16.3 Å². The molecule has 0 aliphatic rings. The van der Waals surface area contributed by atoms with Crippen molar-refractivity contribution in [3.05, 3.63) is 59.4 Å². The molecular weight excluding hydrogens is 338 g/mol. The quantitative estimate of drug-likeness (QED) is 0.704. The van der Waals surface area contributed by atoms with Gasteiger partial charge in [-0.2, -0.15) is 0 Å². The highest BCUT2D eigenvalue weighted by atomic mass is 35.5. The number of benzene rings is 2. The lowest BCUT2D eigenvalue weighted by Crippen LogP contribution is -2.24. The number of amides is 1. The second-order valence-corrected chi connectivity index (χ2v) is 6.09. The lowest BCUT2D eigenvalue weighted by Gasteiger charge is -2.12. The van der Waals surface area contributed by atoms with Gasteiger partial charge in [-0.25, -0.2) is 4.98 Å². The van der Waals surface area contributed by atoms with E-state index < -0.39 is 0 Å². The van der Waals surface area contributed by atoms with Crippen LogP contribution in [0.15, 0.2) is 48.5 Å². The number of carbonyl (C=O) groups is 1. The molecule has 0 saturated heterocycles. The zero-order chi connectivity index (χ0) is 17.6. The molecule has 0 bridgehead atoms. The van der Waals surface area contributed by atoms with E-state index in [0.717, 1.165) is 16.9 Å². The number of aromatic nitrogens is 2. The standard InChI is InChI=1S/C19H20ClN3O2/c1-14(24)21-11-10-19-22-16-7-3-4-8-17(16)23(19)12-13-25-18-9-5-2-6-15(18)20/h2-9H,10-13H2,1H3,(H,21,24). The lowest BCUT2D eigenvalue weighted by molar-refractivity contribution is -0.118. The summed E-state index contributed by atoms with van der Waals surface area (Å²) in [5, 5.41) is 3.41. The minimum Gasteiger partial charge on any atom is -0.490 e. The summed E-state index contributed by atoms with van der Waals surface area (Å²) in [7, 11) is 0. The van der Waals surface area contributed by atoms with Gasteiger partial charge in [0.05, 0.1) is 22.6 Å². The third-order valence-electron chi connectivity index (χ3n) is 3.87. The Morgan fingerprint density at radius 2 is 1.96 bits per heavy atom. The number of nitrogens with zero attached hydrogens (tertiary/aromatic N) is 2. The predicted octanol–water partition coefficient (Wildman–Crippen LogP) is 3.45. The summed E-state index contributed by atoms with van der Waals surface area (Å²) in [6.07, 6.45) is 0.667. The predicted molar refractivity (Wildman–Crippen MR) is 99.1 cm³/mol. The molecule has 1 N–H and O–H groups in total. The van der Waals surface area contributed by atoms with Gasteiger partial charge in [-0.1, -0.05) is 35.9 Å². The number of nitrogens with one attached hydrogen (secondary N) is 1. The van der Waals surface area contributed by atoms with Gasteiger partial charge in [0.25, 0.3) is 0 Å². The van der Waals surface area contributed by atoms with Gasteiger partial charge in [0.15, 0.2) is 0 Å². The van der Waals surface area contributed by atoms with Gasteiger partial charge in [-0.05, 0) is 24.3 Å². The molecule has 130 valence electrons. The molecule has 1 aromatic heterocycles. The first kappa shape index (κ1) is 17.3. The molecule has 5 nitrogen and oxygen atoms in total. The molecule has 0 radical (unpaired) electrons. The maximum atomic E-state index is 11.1. The van der Waals surface area contributed by atoms with E-state index in [9.17, 15) is 4.79 Å². The van der Waals surface area contributed by atoms with Gasteiger partial charge in [-0.15, -0.1) is 0 Å². The number of halogens is 1. The molecule has 0 unspecified atom stereocenters. The van der Waals surface area contributed by atoms with Gasteiger partial charge >= 0.3 is 0 Å². The van der Waals surface area contributed by atoms with Crippen molar-refractivity contribution in [1.82, 2.24) is 14.9 Å². The van der Waals surface area contributed by atoms with E-state index in [0.29, 0.717) is 36.9 Å². The smallest absolute Gasteiger partial charge is 0.216 e. The minimum absolute atomic E-state index is 0.0373. The Morgan fingerprint density at radius 3 is 2.76 bits per heavy atom. The molecule has 0 aliphatic carbocycles. The van der Waals surface area contributed by atoms with Crippen LogP contribution in [0.5, 0.6) is 5.75 Å². The minimum atomic E-state index is -0.0373. The topological polar surface area (TPSA) is 56.2 Å². The normalized spacial score (nSPS) is 10.8. The van der Waals surface area contributed by atoms with Crippen molar-refractivity contribution in [3.63, 3.8) is 0 Å². The van der Waals surface area contributed by atoms with Crippen molar-refractivity contribution in [3.8, 4) is 5.75 Å². The largest absolute Gasteiger partial charge is 0.490 e. The van der Waals surface area contributed by atoms with Crippen LogP contribution in [0, 0.1) is 0 Å². The zero-order valence-electron chi connectivity index (χ0n) is 14.0. The molecule has 3 aromatic rings. The molecule has 2 aromatic carbocycles. The fourth-order valence-electron chi connectivity index (χ4n) is 2.72. The summed E-state index contributed by atoms with van der Waals surface area (Å²) >= 11 is 6.13. The number of fused-ring (bicyclic) bond motifs is 1. The highest BCUT2D eigenvalue weighted by Gasteiger charge is 2.11. The summed E-state index contributed by atoms with van der Waals surface area (Å²) in [4.78, 5) is 15.8. The SMILES string of the molecule is CC(=O)NCCc1nc2ccccc2n1CCOc1ccccc1Cl. The van der Waals surface area contributed by atoms with Crippen molar-refractivity contribution in [1.29, 1.82) is 0 Å².